The Kier molecular flexibility index (Phi) is 7.42. The Balaban J connectivity index is 1.68. The molecule has 38 heavy (non-hydrogen) atoms. The predicted octanol–water partition coefficient (Wildman–Crippen LogP) is 4.08. The number of halogens is 3. The number of carboxylic acid groups (broad SMARTS) is 1. The first-order valence-electron chi connectivity index (χ1n) is 12.2. The van der Waals surface area contributed by atoms with Crippen LogP contribution in [0.25, 0.3) is 11.3 Å². The van der Waals surface area contributed by atoms with E-state index in [-0.39, 0.29) is 36.9 Å². The van der Waals surface area contributed by atoms with Crippen LogP contribution >= 0.6 is 0 Å². The van der Waals surface area contributed by atoms with Crippen LogP contribution < -0.4 is 5.32 Å². The van der Waals surface area contributed by atoms with Crippen molar-refractivity contribution in [2.75, 3.05) is 25.0 Å². The van der Waals surface area contributed by atoms with E-state index < -0.39 is 35.2 Å². The number of carboxylic acids is 1. The van der Waals surface area contributed by atoms with E-state index in [4.69, 9.17) is 9.84 Å². The molecule has 3 N–H and O–H groups in total. The summed E-state index contributed by atoms with van der Waals surface area (Å²) in [5.41, 5.74) is -0.380. The number of amides is 1. The van der Waals surface area contributed by atoms with E-state index >= 15 is 0 Å². The summed E-state index contributed by atoms with van der Waals surface area (Å²) in [7, 11) is 0. The van der Waals surface area contributed by atoms with Gasteiger partial charge >= 0.3 is 18.2 Å². The zero-order valence-corrected chi connectivity index (χ0v) is 21.3. The zero-order valence-electron chi connectivity index (χ0n) is 21.3. The van der Waals surface area contributed by atoms with E-state index in [0.717, 1.165) is 25.0 Å². The van der Waals surface area contributed by atoms with Crippen molar-refractivity contribution in [1.82, 2.24) is 20.0 Å². The summed E-state index contributed by atoms with van der Waals surface area (Å²) < 4.78 is 44.9. The van der Waals surface area contributed by atoms with E-state index in [0.29, 0.717) is 36.1 Å². The highest BCUT2D eigenvalue weighted by Crippen LogP contribution is 2.40. The number of phenols is 1. The smallest absolute Gasteiger partial charge is 0.416 e. The minimum absolute atomic E-state index is 0.0556. The van der Waals surface area contributed by atoms with Crippen LogP contribution in [0.15, 0.2) is 18.2 Å². The van der Waals surface area contributed by atoms with Gasteiger partial charge in [-0.2, -0.15) is 13.2 Å². The molecular formula is C25H30F3N5O5. The van der Waals surface area contributed by atoms with Gasteiger partial charge in [-0.25, -0.2) is 4.79 Å². The lowest BCUT2D eigenvalue weighted by Crippen LogP contribution is -2.44. The van der Waals surface area contributed by atoms with Crippen molar-refractivity contribution in [3.63, 3.8) is 0 Å². The zero-order chi connectivity index (χ0) is 27.8. The van der Waals surface area contributed by atoms with Gasteiger partial charge in [0.05, 0.1) is 25.2 Å². The van der Waals surface area contributed by atoms with Gasteiger partial charge in [-0.15, -0.1) is 10.2 Å². The van der Waals surface area contributed by atoms with E-state index in [9.17, 15) is 27.9 Å². The quantitative estimate of drug-likeness (QED) is 0.517. The molecule has 0 unspecified atom stereocenters. The number of nitrogens with one attached hydrogen (secondary N) is 1. The van der Waals surface area contributed by atoms with Crippen LogP contribution in [0.5, 0.6) is 5.75 Å². The highest BCUT2D eigenvalue weighted by atomic mass is 19.4. The summed E-state index contributed by atoms with van der Waals surface area (Å²) in [5.74, 6) is -1.13. The first-order valence-corrected chi connectivity index (χ1v) is 12.2. The number of ether oxygens (including phenoxy) is 1. The molecule has 1 aromatic carbocycles. The van der Waals surface area contributed by atoms with Gasteiger partial charge in [0.25, 0.3) is 0 Å². The Morgan fingerprint density at radius 1 is 1.16 bits per heavy atom. The molecule has 1 saturated heterocycles. The van der Waals surface area contributed by atoms with Gasteiger partial charge in [0, 0.05) is 29.3 Å². The van der Waals surface area contributed by atoms with E-state index in [1.54, 1.807) is 20.8 Å². The summed E-state index contributed by atoms with van der Waals surface area (Å²) >= 11 is 0. The lowest BCUT2D eigenvalue weighted by atomic mass is 10.0. The Labute approximate surface area is 217 Å². The second-order valence-electron chi connectivity index (χ2n) is 10.5. The van der Waals surface area contributed by atoms with Gasteiger partial charge in [0.1, 0.15) is 17.0 Å². The largest absolute Gasteiger partial charge is 0.507 e. The third-order valence-electron chi connectivity index (χ3n) is 6.32. The molecule has 206 valence electrons. The number of rotatable bonds is 5. The molecule has 1 amide bonds. The molecule has 0 spiro atoms. The molecule has 10 nitrogen and oxygen atoms in total. The number of hydrogen-bond donors (Lipinski definition) is 3. The van der Waals surface area contributed by atoms with Crippen LogP contribution in [0.4, 0.5) is 23.8 Å². The molecule has 2 aromatic rings. The molecule has 0 radical (unpaired) electrons. The van der Waals surface area contributed by atoms with E-state index in [1.807, 2.05) is 4.90 Å². The molecule has 13 heteroatoms. The monoisotopic (exact) mass is 537 g/mol. The molecular weight excluding hydrogens is 507 g/mol. The number of aliphatic carboxylic acids is 1. The number of alkyl halides is 3. The summed E-state index contributed by atoms with van der Waals surface area (Å²) in [5, 5.41) is 31.4. The minimum atomic E-state index is -4.63. The normalized spacial score (nSPS) is 18.3. The fourth-order valence-corrected chi connectivity index (χ4v) is 4.68. The second-order valence-corrected chi connectivity index (χ2v) is 10.5. The molecule has 2 aliphatic rings. The maximum Gasteiger partial charge on any atom is 0.416 e. The summed E-state index contributed by atoms with van der Waals surface area (Å²) in [4.78, 5) is 27.3. The highest BCUT2D eigenvalue weighted by molar-refractivity contribution is 5.76. The van der Waals surface area contributed by atoms with Crippen LogP contribution in [0.3, 0.4) is 0 Å². The molecule has 0 bridgehead atoms. The summed E-state index contributed by atoms with van der Waals surface area (Å²) in [6.45, 7) is 6.43. The first-order chi connectivity index (χ1) is 17.7. The predicted molar refractivity (Wildman–Crippen MR) is 130 cm³/mol. The van der Waals surface area contributed by atoms with Crippen molar-refractivity contribution in [2.24, 2.45) is 0 Å². The number of carbonyl (C=O) groups excluding carboxylic acids is 1. The first kappa shape index (κ1) is 27.4. The van der Waals surface area contributed by atoms with Gasteiger partial charge in [-0.3, -0.25) is 14.6 Å². The third kappa shape index (κ3) is 6.26. The number of piperidine rings is 1. The fourth-order valence-electron chi connectivity index (χ4n) is 4.68. The Morgan fingerprint density at radius 2 is 1.87 bits per heavy atom. The number of benzene rings is 1. The summed E-state index contributed by atoms with van der Waals surface area (Å²) in [6.07, 6.45) is -3.65. The summed E-state index contributed by atoms with van der Waals surface area (Å²) in [6, 6.07) is 2.50. The van der Waals surface area contributed by atoms with Crippen molar-refractivity contribution >= 4 is 17.9 Å². The minimum Gasteiger partial charge on any atom is -0.507 e. The van der Waals surface area contributed by atoms with Crippen molar-refractivity contribution in [3.8, 4) is 17.0 Å². The van der Waals surface area contributed by atoms with E-state index in [1.165, 1.54) is 4.90 Å². The Bertz CT molecular complexity index is 1230. The number of phenolic OH excluding ortho intramolecular Hbond substituents is 1. The molecule has 2 aliphatic heterocycles. The topological polar surface area (TPSA) is 128 Å². The molecule has 3 heterocycles. The van der Waals surface area contributed by atoms with Crippen LogP contribution in [0.2, 0.25) is 0 Å². The number of aromatic hydroxyl groups is 1. The number of anilines is 1. The standard InChI is InChI=1S/C25H30F3N5O5/c1-24(2,3)38-23(37)33-11-17-18(12-33)22(29-15-5-4-8-32(10-15)13-20(35)36)31-30-21(17)16-7-6-14(9-19(16)34)25(26,27)28/h6-7,9,15,34H,4-5,8,10-13H2,1-3H3,(H,29,31)(H,35,36)/t15-/m1/s1. The molecule has 1 aromatic heterocycles. The van der Waals surface area contributed by atoms with Crippen LogP contribution in [-0.2, 0) is 28.8 Å². The van der Waals surface area contributed by atoms with Crippen LogP contribution in [0, 0.1) is 0 Å². The SMILES string of the molecule is CC(C)(C)OC(=O)N1Cc2c(N[C@@H]3CCCN(CC(=O)O)C3)nnc(-c3ccc(C(F)(F)F)cc3O)c2C1. The van der Waals surface area contributed by atoms with E-state index in [2.05, 4.69) is 15.5 Å². The van der Waals surface area contributed by atoms with Gasteiger partial charge in [-0.1, -0.05) is 0 Å². The number of nitrogens with zero attached hydrogens (tertiary/aromatic N) is 4. The van der Waals surface area contributed by atoms with Crippen LogP contribution in [0.1, 0.15) is 50.3 Å². The average Bonchev–Trinajstić information content (AvgIpc) is 3.24. The van der Waals surface area contributed by atoms with Crippen molar-refractivity contribution < 1.29 is 37.7 Å². The number of fused-ring (bicyclic) bond motifs is 1. The fraction of sp³-hybridized carbons (Fsp3) is 0.520. The molecule has 1 atom stereocenters. The maximum absolute atomic E-state index is 13.1. The van der Waals surface area contributed by atoms with Crippen LogP contribution in [-0.4, -0.2) is 73.5 Å². The molecule has 1 fully saturated rings. The number of aromatic nitrogens is 2. The molecule has 4 rings (SSSR count). The lowest BCUT2D eigenvalue weighted by Gasteiger charge is -2.32. The molecule has 0 saturated carbocycles. The lowest BCUT2D eigenvalue weighted by molar-refractivity contribution is -0.139. The second kappa shape index (κ2) is 10.3. The van der Waals surface area contributed by atoms with Crippen molar-refractivity contribution in [1.29, 1.82) is 0 Å². The number of carbonyl (C=O) groups is 2. The third-order valence-corrected chi connectivity index (χ3v) is 6.32. The molecule has 0 aliphatic carbocycles. The average molecular weight is 538 g/mol. The number of hydrogen-bond acceptors (Lipinski definition) is 8. The maximum atomic E-state index is 13.1. The Hall–Kier alpha value is -3.61. The Morgan fingerprint density at radius 3 is 2.50 bits per heavy atom. The van der Waals surface area contributed by atoms with Crippen molar-refractivity contribution in [2.45, 2.75) is 64.5 Å². The number of likely N-dealkylation sites (tertiary alicyclic amines) is 1. The van der Waals surface area contributed by atoms with Crippen molar-refractivity contribution in [3.05, 3.63) is 34.9 Å². The van der Waals surface area contributed by atoms with Gasteiger partial charge in [-0.05, 0) is 58.4 Å². The van der Waals surface area contributed by atoms with Gasteiger partial charge < -0.3 is 20.3 Å². The highest BCUT2D eigenvalue weighted by Gasteiger charge is 2.35. The van der Waals surface area contributed by atoms with Gasteiger partial charge in [0.2, 0.25) is 0 Å². The van der Waals surface area contributed by atoms with Gasteiger partial charge in [0.15, 0.2) is 5.82 Å².